The second-order valence-corrected chi connectivity index (χ2v) is 10.2. The van der Waals surface area contributed by atoms with Gasteiger partial charge in [0.15, 0.2) is 0 Å². The first kappa shape index (κ1) is 23.3. The highest BCUT2D eigenvalue weighted by Gasteiger charge is 2.22. The van der Waals surface area contributed by atoms with Crippen LogP contribution in [0.3, 0.4) is 0 Å². The maximum Gasteiger partial charge on any atom is 0.273 e. The van der Waals surface area contributed by atoms with Gasteiger partial charge in [0, 0.05) is 34.9 Å². The molecule has 3 aromatic rings. The molecule has 1 heterocycles. The molecule has 2 aromatic carbocycles. The molecule has 1 aromatic heterocycles. The van der Waals surface area contributed by atoms with Crippen LogP contribution in [0.5, 0.6) is 5.75 Å². The fraction of sp³-hybridized carbons (Fsp3) is 0.250. The maximum atomic E-state index is 12.4. The summed E-state index contributed by atoms with van der Waals surface area (Å²) < 4.78 is 32.5. The number of sulfonamides is 1. The Morgan fingerprint density at radius 1 is 1.09 bits per heavy atom. The highest BCUT2D eigenvalue weighted by atomic mass is 32.2. The van der Waals surface area contributed by atoms with Crippen LogP contribution < -0.4 is 15.0 Å². The molecule has 1 N–H and O–H groups in total. The van der Waals surface area contributed by atoms with Crippen LogP contribution in [0, 0.1) is 0 Å². The van der Waals surface area contributed by atoms with Gasteiger partial charge in [-0.3, -0.25) is 19.1 Å². The molecule has 0 spiro atoms. The highest BCUT2D eigenvalue weighted by Crippen LogP contribution is 2.37. The van der Waals surface area contributed by atoms with Gasteiger partial charge in [0.1, 0.15) is 5.75 Å². The highest BCUT2D eigenvalue weighted by molar-refractivity contribution is 7.92. The molecule has 0 atom stereocenters. The van der Waals surface area contributed by atoms with E-state index in [1.54, 1.807) is 36.2 Å². The van der Waals surface area contributed by atoms with Crippen molar-refractivity contribution in [1.29, 1.82) is 0 Å². The number of hydrogen-bond donors (Lipinski definition) is 1. The Hall–Kier alpha value is -3.39. The molecule has 0 saturated carbocycles. The first-order chi connectivity index (χ1) is 15.0. The van der Waals surface area contributed by atoms with Gasteiger partial charge in [0.25, 0.3) is 5.56 Å². The Kier molecular flexibility index (Phi) is 6.55. The average molecular weight is 454 g/mol. The Morgan fingerprint density at radius 2 is 1.78 bits per heavy atom. The van der Waals surface area contributed by atoms with Crippen LogP contribution in [0.15, 0.2) is 59.8 Å². The molecule has 0 radical (unpaired) electrons. The van der Waals surface area contributed by atoms with E-state index in [0.717, 1.165) is 34.4 Å². The summed E-state index contributed by atoms with van der Waals surface area (Å²) in [6.07, 6.45) is 9.43. The van der Waals surface area contributed by atoms with Gasteiger partial charge >= 0.3 is 0 Å². The second-order valence-electron chi connectivity index (χ2n) is 8.48. The van der Waals surface area contributed by atoms with Gasteiger partial charge in [0.2, 0.25) is 10.0 Å². The zero-order valence-corrected chi connectivity index (χ0v) is 19.6. The van der Waals surface area contributed by atoms with Crippen molar-refractivity contribution in [3.8, 4) is 11.4 Å². The van der Waals surface area contributed by atoms with Crippen LogP contribution in [0.25, 0.3) is 17.8 Å². The molecule has 168 valence electrons. The lowest BCUT2D eigenvalue weighted by Crippen LogP contribution is -2.19. The van der Waals surface area contributed by atoms with E-state index in [2.05, 4.69) is 30.5 Å². The molecule has 7 nitrogen and oxygen atoms in total. The SMILES string of the molecule is COc1c(C=Cc2ccc(NS(C)(=O)=O)cc2)cc(-n2ccncc2=O)cc1C(C)(C)C. The van der Waals surface area contributed by atoms with Crippen molar-refractivity contribution >= 4 is 27.9 Å². The molecule has 0 aliphatic carbocycles. The van der Waals surface area contributed by atoms with Gasteiger partial charge in [-0.2, -0.15) is 0 Å². The van der Waals surface area contributed by atoms with Crippen LogP contribution in [-0.4, -0.2) is 31.3 Å². The summed E-state index contributed by atoms with van der Waals surface area (Å²) in [7, 11) is -1.69. The monoisotopic (exact) mass is 453 g/mol. The quantitative estimate of drug-likeness (QED) is 0.568. The van der Waals surface area contributed by atoms with Crippen molar-refractivity contribution in [2.75, 3.05) is 18.1 Å². The minimum atomic E-state index is -3.32. The molecule has 0 amide bonds. The zero-order valence-electron chi connectivity index (χ0n) is 18.8. The van der Waals surface area contributed by atoms with Crippen molar-refractivity contribution in [3.05, 3.63) is 82.0 Å². The number of benzene rings is 2. The van der Waals surface area contributed by atoms with Gasteiger partial charge in [0.05, 0.1) is 19.6 Å². The topological polar surface area (TPSA) is 90.3 Å². The summed E-state index contributed by atoms with van der Waals surface area (Å²) in [5, 5.41) is 0. The van der Waals surface area contributed by atoms with Crippen molar-refractivity contribution in [1.82, 2.24) is 9.55 Å². The number of hydrogen-bond acceptors (Lipinski definition) is 5. The minimum absolute atomic E-state index is 0.221. The number of nitrogens with zero attached hydrogens (tertiary/aromatic N) is 2. The van der Waals surface area contributed by atoms with E-state index in [1.165, 1.54) is 6.20 Å². The number of nitrogens with one attached hydrogen (secondary N) is 1. The number of rotatable bonds is 6. The van der Waals surface area contributed by atoms with Crippen LogP contribution in [0.4, 0.5) is 5.69 Å². The smallest absolute Gasteiger partial charge is 0.273 e. The molecule has 32 heavy (non-hydrogen) atoms. The van der Waals surface area contributed by atoms with Gasteiger partial charge in [-0.15, -0.1) is 0 Å². The summed E-state index contributed by atoms with van der Waals surface area (Å²) in [6.45, 7) is 6.26. The van der Waals surface area contributed by atoms with E-state index in [0.29, 0.717) is 5.69 Å². The fourth-order valence-corrected chi connectivity index (χ4v) is 3.87. The Labute approximate surface area is 188 Å². The van der Waals surface area contributed by atoms with E-state index in [4.69, 9.17) is 4.74 Å². The molecule has 0 bridgehead atoms. The molecule has 3 rings (SSSR count). The average Bonchev–Trinajstić information content (AvgIpc) is 2.71. The maximum absolute atomic E-state index is 12.4. The first-order valence-electron chi connectivity index (χ1n) is 9.99. The van der Waals surface area contributed by atoms with Crippen molar-refractivity contribution in [2.24, 2.45) is 0 Å². The van der Waals surface area contributed by atoms with Crippen molar-refractivity contribution < 1.29 is 13.2 Å². The predicted molar refractivity (Wildman–Crippen MR) is 129 cm³/mol. The van der Waals surface area contributed by atoms with E-state index in [-0.39, 0.29) is 11.0 Å². The van der Waals surface area contributed by atoms with E-state index in [9.17, 15) is 13.2 Å². The molecular formula is C24H27N3O4S. The van der Waals surface area contributed by atoms with Crippen LogP contribution in [0.2, 0.25) is 0 Å². The summed E-state index contributed by atoms with van der Waals surface area (Å²) in [6, 6.07) is 10.9. The standard InChI is InChI=1S/C24H27N3O4S/c1-24(2,3)21-15-20(27-13-12-25-16-22(27)28)14-18(23(21)31-4)9-6-17-7-10-19(11-8-17)26-32(5,29)30/h6-16,26H,1-5H3. The third-order valence-electron chi connectivity index (χ3n) is 4.79. The molecule has 0 saturated heterocycles. The first-order valence-corrected chi connectivity index (χ1v) is 11.9. The Balaban J connectivity index is 2.07. The molecule has 0 aliphatic heterocycles. The molecular weight excluding hydrogens is 426 g/mol. The fourth-order valence-electron chi connectivity index (χ4n) is 3.31. The number of ether oxygens (including phenoxy) is 1. The van der Waals surface area contributed by atoms with Gasteiger partial charge < -0.3 is 4.74 Å². The van der Waals surface area contributed by atoms with Gasteiger partial charge in [-0.05, 0) is 35.2 Å². The lowest BCUT2D eigenvalue weighted by atomic mass is 9.84. The summed E-state index contributed by atoms with van der Waals surface area (Å²) in [4.78, 5) is 16.2. The van der Waals surface area contributed by atoms with Gasteiger partial charge in [-0.25, -0.2) is 8.42 Å². The Bertz CT molecular complexity index is 1300. The Morgan fingerprint density at radius 3 is 2.34 bits per heavy atom. The largest absolute Gasteiger partial charge is 0.496 e. The molecule has 0 unspecified atom stereocenters. The summed E-state index contributed by atoms with van der Waals surface area (Å²) >= 11 is 0. The second kappa shape index (κ2) is 9.00. The minimum Gasteiger partial charge on any atom is -0.496 e. The van der Waals surface area contributed by atoms with E-state index in [1.807, 2.05) is 36.4 Å². The summed E-state index contributed by atoms with van der Waals surface area (Å²) in [5.41, 5.74) is 3.44. The van der Waals surface area contributed by atoms with E-state index >= 15 is 0 Å². The van der Waals surface area contributed by atoms with Gasteiger partial charge in [-0.1, -0.05) is 45.1 Å². The molecule has 8 heteroatoms. The number of aromatic nitrogens is 2. The van der Waals surface area contributed by atoms with E-state index < -0.39 is 10.0 Å². The normalized spacial score (nSPS) is 12.2. The molecule has 0 aliphatic rings. The summed E-state index contributed by atoms with van der Waals surface area (Å²) in [5.74, 6) is 0.731. The van der Waals surface area contributed by atoms with Crippen molar-refractivity contribution in [2.45, 2.75) is 26.2 Å². The van der Waals surface area contributed by atoms with Crippen LogP contribution in [-0.2, 0) is 15.4 Å². The lowest BCUT2D eigenvalue weighted by molar-refractivity contribution is 0.396. The third-order valence-corrected chi connectivity index (χ3v) is 5.39. The lowest BCUT2D eigenvalue weighted by Gasteiger charge is -2.25. The van der Waals surface area contributed by atoms with Crippen LogP contribution in [0.1, 0.15) is 37.5 Å². The predicted octanol–water partition coefficient (Wildman–Crippen LogP) is 4.08. The third kappa shape index (κ3) is 5.64. The van der Waals surface area contributed by atoms with Crippen LogP contribution >= 0.6 is 0 Å². The van der Waals surface area contributed by atoms with Crippen molar-refractivity contribution in [3.63, 3.8) is 0 Å². The number of methoxy groups -OCH3 is 1. The zero-order chi connectivity index (χ0) is 23.5. The molecule has 0 fully saturated rings. The number of anilines is 1.